The first-order valence-corrected chi connectivity index (χ1v) is 17.1. The Morgan fingerprint density at radius 2 is 0.980 bits per heavy atom. The number of carbonyl (C=O) groups is 2. The average molecular weight is 749 g/mol. The van der Waals surface area contributed by atoms with E-state index in [9.17, 15) is 31.5 Å². The highest BCUT2D eigenvalue weighted by Crippen LogP contribution is 2.29. The first-order chi connectivity index (χ1) is 24.7. The summed E-state index contributed by atoms with van der Waals surface area (Å²) in [5, 5.41) is 2.84. The minimum Gasteiger partial charge on any atom is -0.420 e. The number of nitrogens with one attached hydrogen (secondary N) is 1. The van der Waals surface area contributed by atoms with E-state index in [1.165, 1.54) is 12.8 Å². The Labute approximate surface area is 295 Å². The van der Waals surface area contributed by atoms with Gasteiger partial charge in [0, 0.05) is 19.6 Å². The van der Waals surface area contributed by atoms with Crippen LogP contribution in [0, 0.1) is 29.1 Å². The molecular formula is C33H53F5N2O11. The third-order valence-electron chi connectivity index (χ3n) is 6.58. The van der Waals surface area contributed by atoms with Crippen LogP contribution in [-0.4, -0.2) is 130 Å². The van der Waals surface area contributed by atoms with Crippen molar-refractivity contribution in [3.63, 3.8) is 0 Å². The van der Waals surface area contributed by atoms with E-state index in [4.69, 9.17) is 43.6 Å². The molecule has 0 aliphatic rings. The van der Waals surface area contributed by atoms with Crippen molar-refractivity contribution in [3.8, 4) is 5.75 Å². The topological polar surface area (TPSA) is 155 Å². The summed E-state index contributed by atoms with van der Waals surface area (Å²) in [4.78, 5) is 24.3. The van der Waals surface area contributed by atoms with Gasteiger partial charge in [0.25, 0.3) is 0 Å². The van der Waals surface area contributed by atoms with E-state index in [0.29, 0.717) is 66.0 Å². The molecule has 0 aromatic heterocycles. The molecule has 1 amide bonds. The number of esters is 1. The molecule has 1 atom stereocenters. The minimum atomic E-state index is -2.37. The molecule has 296 valence electrons. The number of carbonyl (C=O) groups excluding carboxylic acids is 2. The number of ether oxygens (including phenoxy) is 9. The van der Waals surface area contributed by atoms with Gasteiger partial charge in [0.1, 0.15) is 0 Å². The van der Waals surface area contributed by atoms with Gasteiger partial charge in [0.05, 0.1) is 112 Å². The van der Waals surface area contributed by atoms with Gasteiger partial charge < -0.3 is 53.7 Å². The molecule has 0 radical (unpaired) electrons. The van der Waals surface area contributed by atoms with E-state index in [2.05, 4.69) is 17.0 Å². The molecule has 0 fully saturated rings. The quantitative estimate of drug-likeness (QED) is 0.0266. The van der Waals surface area contributed by atoms with Crippen LogP contribution in [0.25, 0.3) is 0 Å². The molecule has 51 heavy (non-hydrogen) atoms. The molecule has 1 aromatic carbocycles. The number of amides is 1. The highest BCUT2D eigenvalue weighted by atomic mass is 19.2. The maximum atomic E-state index is 13.6. The molecule has 1 aromatic rings. The third kappa shape index (κ3) is 22.9. The first-order valence-electron chi connectivity index (χ1n) is 17.1. The smallest absolute Gasteiger partial charge is 0.313 e. The van der Waals surface area contributed by atoms with Crippen LogP contribution in [0.2, 0.25) is 0 Å². The number of benzene rings is 1. The van der Waals surface area contributed by atoms with Crippen LogP contribution >= 0.6 is 0 Å². The van der Waals surface area contributed by atoms with Crippen molar-refractivity contribution in [3.05, 3.63) is 29.1 Å². The van der Waals surface area contributed by atoms with Gasteiger partial charge in [0.2, 0.25) is 40.7 Å². The number of nitrogens with two attached hydrogens (primary N) is 1. The number of halogens is 5. The van der Waals surface area contributed by atoms with E-state index < -0.39 is 53.3 Å². The summed E-state index contributed by atoms with van der Waals surface area (Å²) in [7, 11) is 0. The van der Waals surface area contributed by atoms with E-state index in [1.54, 1.807) is 0 Å². The van der Waals surface area contributed by atoms with Crippen molar-refractivity contribution in [1.29, 1.82) is 0 Å². The summed E-state index contributed by atoms with van der Waals surface area (Å²) >= 11 is 0. The van der Waals surface area contributed by atoms with Crippen LogP contribution in [0.5, 0.6) is 5.75 Å². The lowest BCUT2D eigenvalue weighted by Gasteiger charge is -2.19. The van der Waals surface area contributed by atoms with Crippen LogP contribution in [0.15, 0.2) is 0 Å². The van der Waals surface area contributed by atoms with Gasteiger partial charge in [-0.3, -0.25) is 9.59 Å². The van der Waals surface area contributed by atoms with Crippen molar-refractivity contribution in [2.75, 3.05) is 112 Å². The third-order valence-corrected chi connectivity index (χ3v) is 6.58. The van der Waals surface area contributed by atoms with Gasteiger partial charge >= 0.3 is 5.97 Å². The van der Waals surface area contributed by atoms with E-state index in [1.807, 2.05) is 0 Å². The zero-order valence-corrected chi connectivity index (χ0v) is 29.3. The SMILES string of the molecule is CCCCCCOCCOCCOCC(COCCOCCOCCN)NC(=O)CCOCCOCCC(=O)Oc1c(F)c(F)c(F)c(F)c1F. The molecule has 3 N–H and O–H groups in total. The molecule has 1 rings (SSSR count). The Morgan fingerprint density at radius 3 is 1.49 bits per heavy atom. The average Bonchev–Trinajstić information content (AvgIpc) is 3.12. The molecule has 18 heteroatoms. The fourth-order valence-electron chi connectivity index (χ4n) is 3.96. The predicted molar refractivity (Wildman–Crippen MR) is 173 cm³/mol. The fourth-order valence-corrected chi connectivity index (χ4v) is 3.96. The monoisotopic (exact) mass is 748 g/mol. The van der Waals surface area contributed by atoms with Gasteiger partial charge in [-0.25, -0.2) is 13.2 Å². The van der Waals surface area contributed by atoms with Gasteiger partial charge in [-0.05, 0) is 6.42 Å². The lowest BCUT2D eigenvalue weighted by Crippen LogP contribution is -2.42. The zero-order valence-electron chi connectivity index (χ0n) is 29.3. The second-order valence-corrected chi connectivity index (χ2v) is 10.8. The van der Waals surface area contributed by atoms with E-state index in [-0.39, 0.29) is 52.0 Å². The largest absolute Gasteiger partial charge is 0.420 e. The van der Waals surface area contributed by atoms with Gasteiger partial charge in [-0.15, -0.1) is 0 Å². The molecule has 0 heterocycles. The van der Waals surface area contributed by atoms with E-state index >= 15 is 0 Å². The Bertz CT molecular complexity index is 1050. The highest BCUT2D eigenvalue weighted by Gasteiger charge is 2.28. The van der Waals surface area contributed by atoms with Crippen LogP contribution < -0.4 is 15.8 Å². The summed E-state index contributed by atoms with van der Waals surface area (Å²) in [5.41, 5.74) is 5.36. The van der Waals surface area contributed by atoms with Crippen LogP contribution in [0.3, 0.4) is 0 Å². The minimum absolute atomic E-state index is 0.0121. The summed E-state index contributed by atoms with van der Waals surface area (Å²) in [5.74, 6) is -14.6. The predicted octanol–water partition coefficient (Wildman–Crippen LogP) is 3.22. The van der Waals surface area contributed by atoms with Crippen molar-refractivity contribution in [2.45, 2.75) is 51.5 Å². The number of unbranched alkanes of at least 4 members (excludes halogenated alkanes) is 3. The first kappa shape index (κ1) is 46.5. The Kier molecular flexibility index (Phi) is 28.3. The fraction of sp³-hybridized carbons (Fsp3) is 0.758. The second-order valence-electron chi connectivity index (χ2n) is 10.8. The van der Waals surface area contributed by atoms with Crippen LogP contribution in [0.4, 0.5) is 22.0 Å². The summed E-state index contributed by atoms with van der Waals surface area (Å²) in [6, 6.07) is -0.454. The summed E-state index contributed by atoms with van der Waals surface area (Å²) in [6.45, 7) is 7.01. The van der Waals surface area contributed by atoms with Gasteiger partial charge in [-0.1, -0.05) is 26.2 Å². The Hall–Kier alpha value is -2.55. The summed E-state index contributed by atoms with van der Waals surface area (Å²) in [6.07, 6.45) is 4.05. The molecular weight excluding hydrogens is 695 g/mol. The molecule has 1 unspecified atom stereocenters. The van der Waals surface area contributed by atoms with Gasteiger partial charge in [-0.2, -0.15) is 8.78 Å². The van der Waals surface area contributed by atoms with Crippen LogP contribution in [-0.2, 0) is 47.5 Å². The highest BCUT2D eigenvalue weighted by molar-refractivity contribution is 5.76. The Morgan fingerprint density at radius 1 is 0.549 bits per heavy atom. The molecule has 0 aliphatic carbocycles. The standard InChI is InChI=1S/C33H53F5N2O11/c1-2-3-4-5-9-43-13-17-47-19-21-49-23-25(24-50-22-20-48-18-16-46-12-8-39)40-26(41)6-10-44-14-15-45-11-7-27(42)51-33-31(37)29(35)28(34)30(36)32(33)38/h25H,2-24,39H2,1H3,(H,40,41). The van der Waals surface area contributed by atoms with Gasteiger partial charge in [0.15, 0.2) is 0 Å². The molecule has 0 saturated carbocycles. The maximum Gasteiger partial charge on any atom is 0.313 e. The normalized spacial score (nSPS) is 12.0. The molecule has 0 aliphatic heterocycles. The lowest BCUT2D eigenvalue weighted by atomic mass is 10.2. The van der Waals surface area contributed by atoms with Crippen molar-refractivity contribution < 1.29 is 74.2 Å². The number of rotatable bonds is 34. The zero-order chi connectivity index (χ0) is 37.5. The maximum absolute atomic E-state index is 13.6. The molecule has 0 bridgehead atoms. The number of hydrogen-bond acceptors (Lipinski definition) is 12. The molecule has 0 spiro atoms. The van der Waals surface area contributed by atoms with Crippen LogP contribution in [0.1, 0.15) is 45.4 Å². The van der Waals surface area contributed by atoms with Crippen molar-refractivity contribution in [1.82, 2.24) is 5.32 Å². The van der Waals surface area contributed by atoms with Crippen molar-refractivity contribution >= 4 is 11.9 Å². The van der Waals surface area contributed by atoms with E-state index in [0.717, 1.165) is 19.4 Å². The molecule has 0 saturated heterocycles. The Balaban J connectivity index is 2.27. The summed E-state index contributed by atoms with van der Waals surface area (Å²) < 4.78 is 115. The van der Waals surface area contributed by atoms with Crippen molar-refractivity contribution in [2.24, 2.45) is 5.73 Å². The second kappa shape index (κ2) is 31.0. The number of hydrogen-bond donors (Lipinski definition) is 2. The molecule has 13 nitrogen and oxygen atoms in total. The lowest BCUT2D eigenvalue weighted by molar-refractivity contribution is -0.136.